The van der Waals surface area contributed by atoms with E-state index in [-0.39, 0.29) is 0 Å². The van der Waals surface area contributed by atoms with Crippen molar-refractivity contribution in [3.8, 4) is 0 Å². The van der Waals surface area contributed by atoms with Crippen LogP contribution in [-0.2, 0) is 3.02 Å². The fourth-order valence-corrected chi connectivity index (χ4v) is 21.8. The van der Waals surface area contributed by atoms with Crippen molar-refractivity contribution in [1.82, 2.24) is 0 Å². The summed E-state index contributed by atoms with van der Waals surface area (Å²) in [5, 5.41) is 0. The fourth-order valence-electron chi connectivity index (χ4n) is 0.586. The average molecular weight is 321 g/mol. The van der Waals surface area contributed by atoms with Gasteiger partial charge in [-0.1, -0.05) is 0 Å². The Hall–Kier alpha value is 1.70. The quantitative estimate of drug-likeness (QED) is 0.695. The average Bonchev–Trinajstić information content (AvgIpc) is 1.88. The van der Waals surface area contributed by atoms with Gasteiger partial charge in [0.25, 0.3) is 0 Å². The first kappa shape index (κ1) is 12.7. The van der Waals surface area contributed by atoms with Crippen LogP contribution in [-0.4, -0.2) is 32.6 Å². The molecule has 5 heteroatoms. The summed E-state index contributed by atoms with van der Waals surface area (Å²) in [5.74, 6) is 2.20. The minimum absolute atomic E-state index is 0.787. The second kappa shape index (κ2) is 7.14. The van der Waals surface area contributed by atoms with Gasteiger partial charge in [0.1, 0.15) is 0 Å². The zero-order valence-electron chi connectivity index (χ0n) is 7.20. The second-order valence-corrected chi connectivity index (χ2v) is 26.1. The molecule has 0 aromatic rings. The Morgan fingerprint density at radius 2 is 1.64 bits per heavy atom. The van der Waals surface area contributed by atoms with Crippen molar-refractivity contribution in [2.24, 2.45) is 0 Å². The molecule has 68 valence electrons. The van der Waals surface area contributed by atoms with E-state index < -0.39 is 14.5 Å². The monoisotopic (exact) mass is 320 g/mol. The van der Waals surface area contributed by atoms with E-state index in [1.165, 1.54) is 0 Å². The van der Waals surface area contributed by atoms with Crippen LogP contribution < -0.4 is 0 Å². The van der Waals surface area contributed by atoms with Crippen molar-refractivity contribution in [1.29, 1.82) is 0 Å². The molecular weight excluding hydrogens is 306 g/mol. The van der Waals surface area contributed by atoms with Crippen molar-refractivity contribution in [2.45, 2.75) is 20.8 Å². The van der Waals surface area contributed by atoms with Crippen molar-refractivity contribution >= 4 is 41.3 Å². The maximum atomic E-state index is 5.65. The van der Waals surface area contributed by atoms with Crippen LogP contribution in [0.4, 0.5) is 0 Å². The van der Waals surface area contributed by atoms with Gasteiger partial charge in [0.2, 0.25) is 0 Å². The number of rotatable bonds is 6. The Morgan fingerprint density at radius 1 is 1.18 bits per heavy atom. The molecule has 0 aromatic heterocycles. The molecule has 0 fully saturated rings. The molecule has 0 amide bonds. The van der Waals surface area contributed by atoms with Crippen LogP contribution in [0.5, 0.6) is 0 Å². The van der Waals surface area contributed by atoms with Crippen molar-refractivity contribution < 1.29 is 3.02 Å². The van der Waals surface area contributed by atoms with Gasteiger partial charge in [0.05, 0.1) is 0 Å². The van der Waals surface area contributed by atoms with Crippen LogP contribution in [0.25, 0.3) is 0 Å². The molecule has 0 atom stereocenters. The molecule has 0 saturated carbocycles. The molecule has 0 N–H and O–H groups in total. The maximum absolute atomic E-state index is 5.65. The first-order chi connectivity index (χ1) is 5.18. The molecule has 0 unspecified atom stereocenters. The Bertz CT molecular complexity index is 116. The summed E-state index contributed by atoms with van der Waals surface area (Å²) in [5.41, 5.74) is 0. The summed E-state index contributed by atoms with van der Waals surface area (Å²) in [6.45, 7) is 7.11. The van der Waals surface area contributed by atoms with Gasteiger partial charge in [-0.05, 0) is 0 Å². The molecular formula is C6H15OS3Sb. The Kier molecular flexibility index (Phi) is 8.24. The SMILES string of the molecule is CC[O][Sb](=[S])([S]CC)[S]CC. The van der Waals surface area contributed by atoms with Crippen molar-refractivity contribution in [3.05, 3.63) is 0 Å². The van der Waals surface area contributed by atoms with Crippen molar-refractivity contribution in [2.75, 3.05) is 18.1 Å². The Balaban J connectivity index is 3.91. The van der Waals surface area contributed by atoms with Gasteiger partial charge in [0, 0.05) is 0 Å². The fraction of sp³-hybridized carbons (Fsp3) is 1.00. The standard InChI is InChI=1S/C2H5O.2C2H6S.S.Sb/c3*1-2-3;;/h2H2,1H3;2*3H,2H2,1H3;;/q-1;;;;+3/p-2. The summed E-state index contributed by atoms with van der Waals surface area (Å²) in [4.78, 5) is 0. The van der Waals surface area contributed by atoms with E-state index in [1.807, 2.05) is 24.6 Å². The van der Waals surface area contributed by atoms with E-state index in [1.54, 1.807) is 0 Å². The molecule has 0 heterocycles. The number of hydrogen-bond acceptors (Lipinski definition) is 4. The third kappa shape index (κ3) is 5.86. The molecule has 11 heavy (non-hydrogen) atoms. The van der Waals surface area contributed by atoms with Crippen molar-refractivity contribution in [3.63, 3.8) is 0 Å². The van der Waals surface area contributed by atoms with E-state index in [9.17, 15) is 0 Å². The zero-order valence-corrected chi connectivity index (χ0v) is 12.2. The summed E-state index contributed by atoms with van der Waals surface area (Å²) in [6, 6.07) is 0. The van der Waals surface area contributed by atoms with Gasteiger partial charge in [-0.25, -0.2) is 0 Å². The predicted molar refractivity (Wildman–Crippen MR) is 61.2 cm³/mol. The second-order valence-electron chi connectivity index (χ2n) is 1.70. The predicted octanol–water partition coefficient (Wildman–Crippen LogP) is 3.16. The van der Waals surface area contributed by atoms with Gasteiger partial charge in [-0.3, -0.25) is 0 Å². The zero-order chi connectivity index (χ0) is 8.74. The van der Waals surface area contributed by atoms with Crippen LogP contribution >= 0.6 is 26.9 Å². The molecule has 0 aliphatic rings. The summed E-state index contributed by atoms with van der Waals surface area (Å²) in [6.07, 6.45) is 0. The first-order valence-electron chi connectivity index (χ1n) is 3.72. The van der Waals surface area contributed by atoms with E-state index in [0.717, 1.165) is 18.1 Å². The first-order valence-corrected chi connectivity index (χ1v) is 16.4. The summed E-state index contributed by atoms with van der Waals surface area (Å²) in [7, 11) is 9.27. The van der Waals surface area contributed by atoms with Gasteiger partial charge >= 0.3 is 83.2 Å². The molecule has 0 spiro atoms. The normalized spacial score (nSPS) is 11.9. The van der Waals surface area contributed by atoms with E-state index >= 15 is 0 Å². The molecule has 0 aliphatic heterocycles. The van der Waals surface area contributed by atoms with E-state index in [2.05, 4.69) is 13.8 Å². The van der Waals surface area contributed by atoms with Crippen LogP contribution in [0.3, 0.4) is 0 Å². The van der Waals surface area contributed by atoms with Gasteiger partial charge in [0.15, 0.2) is 0 Å². The molecule has 0 aliphatic carbocycles. The van der Waals surface area contributed by atoms with Crippen LogP contribution in [0.15, 0.2) is 0 Å². The van der Waals surface area contributed by atoms with Gasteiger partial charge in [-0.2, -0.15) is 0 Å². The molecule has 0 saturated heterocycles. The Labute approximate surface area is 82.5 Å². The minimum atomic E-state index is -2.45. The number of hydrogen-bond donors (Lipinski definition) is 0. The molecule has 0 aromatic carbocycles. The third-order valence-corrected chi connectivity index (χ3v) is 24.1. The summed E-state index contributed by atoms with van der Waals surface area (Å²) >= 11 is -2.45. The third-order valence-electron chi connectivity index (χ3n) is 0.862. The van der Waals surface area contributed by atoms with E-state index in [4.69, 9.17) is 12.2 Å². The molecule has 0 rings (SSSR count). The van der Waals surface area contributed by atoms with Crippen LogP contribution in [0, 0.1) is 0 Å². The van der Waals surface area contributed by atoms with Gasteiger partial charge in [-0.15, -0.1) is 0 Å². The Morgan fingerprint density at radius 3 is 1.91 bits per heavy atom. The molecule has 0 bridgehead atoms. The molecule has 1 nitrogen and oxygen atoms in total. The van der Waals surface area contributed by atoms with Crippen LogP contribution in [0.2, 0.25) is 0 Å². The van der Waals surface area contributed by atoms with Gasteiger partial charge < -0.3 is 0 Å². The topological polar surface area (TPSA) is 9.23 Å². The van der Waals surface area contributed by atoms with E-state index in [0.29, 0.717) is 0 Å². The van der Waals surface area contributed by atoms with Crippen LogP contribution in [0.1, 0.15) is 20.8 Å². The molecule has 0 radical (unpaired) electrons. The summed E-state index contributed by atoms with van der Waals surface area (Å²) < 4.78 is 5.65.